The number of piperidine rings is 1. The molecule has 6 nitrogen and oxygen atoms in total. The fraction of sp³-hybridized carbons (Fsp3) is 0.524. The second-order valence-electron chi connectivity index (χ2n) is 7.23. The number of ether oxygens (including phenoxy) is 1. The Bertz CT molecular complexity index is 744. The van der Waals surface area contributed by atoms with Gasteiger partial charge in [-0.2, -0.15) is 0 Å². The first-order chi connectivity index (χ1) is 13.1. The number of para-hydroxylation sites is 1. The van der Waals surface area contributed by atoms with Gasteiger partial charge in [0.1, 0.15) is 11.5 Å². The number of nitrogens with one attached hydrogen (secondary N) is 1. The van der Waals surface area contributed by atoms with Crippen LogP contribution in [-0.2, 0) is 17.8 Å². The van der Waals surface area contributed by atoms with Gasteiger partial charge in [-0.05, 0) is 39.2 Å². The molecule has 2 heterocycles. The monoisotopic (exact) mass is 371 g/mol. The second-order valence-corrected chi connectivity index (χ2v) is 7.23. The summed E-state index contributed by atoms with van der Waals surface area (Å²) in [5, 5.41) is 7.13. The summed E-state index contributed by atoms with van der Waals surface area (Å²) in [5.41, 5.74) is 3.14. The third kappa shape index (κ3) is 5.10. The number of carbonyl (C=O) groups is 1. The quantitative estimate of drug-likeness (QED) is 0.810. The molecule has 1 aromatic carbocycles. The number of carbonyl (C=O) groups excluding carboxylic acids is 1. The van der Waals surface area contributed by atoms with Crippen LogP contribution in [0.2, 0.25) is 0 Å². The highest BCUT2D eigenvalue weighted by atomic mass is 16.5. The molecule has 1 aliphatic heterocycles. The van der Waals surface area contributed by atoms with Crippen molar-refractivity contribution in [2.75, 3.05) is 20.2 Å². The number of rotatable bonds is 7. The lowest BCUT2D eigenvalue weighted by Gasteiger charge is -2.32. The van der Waals surface area contributed by atoms with Crippen LogP contribution in [0.1, 0.15) is 41.8 Å². The van der Waals surface area contributed by atoms with Gasteiger partial charge in [0.2, 0.25) is 5.91 Å². The molecule has 0 radical (unpaired) electrons. The van der Waals surface area contributed by atoms with Crippen molar-refractivity contribution in [3.8, 4) is 5.75 Å². The predicted molar refractivity (Wildman–Crippen MR) is 104 cm³/mol. The Labute approximate surface area is 160 Å². The van der Waals surface area contributed by atoms with Crippen LogP contribution in [0.25, 0.3) is 0 Å². The maximum atomic E-state index is 12.3. The molecule has 146 valence electrons. The summed E-state index contributed by atoms with van der Waals surface area (Å²) >= 11 is 0. The van der Waals surface area contributed by atoms with E-state index in [1.54, 1.807) is 7.11 Å². The van der Waals surface area contributed by atoms with Crippen molar-refractivity contribution in [2.45, 2.75) is 52.1 Å². The lowest BCUT2D eigenvalue weighted by Crippen LogP contribution is -2.44. The van der Waals surface area contributed by atoms with Crippen molar-refractivity contribution in [1.29, 1.82) is 0 Å². The van der Waals surface area contributed by atoms with E-state index in [2.05, 4.69) is 21.4 Å². The molecule has 0 unspecified atom stereocenters. The van der Waals surface area contributed by atoms with E-state index >= 15 is 0 Å². The minimum absolute atomic E-state index is 0.109. The first kappa shape index (κ1) is 19.4. The fourth-order valence-corrected chi connectivity index (χ4v) is 3.71. The lowest BCUT2D eigenvalue weighted by molar-refractivity contribution is -0.122. The molecule has 1 saturated heterocycles. The Morgan fingerprint density at radius 3 is 2.70 bits per heavy atom. The molecule has 0 aliphatic carbocycles. The van der Waals surface area contributed by atoms with Crippen LogP contribution in [0.15, 0.2) is 28.8 Å². The highest BCUT2D eigenvalue weighted by molar-refractivity contribution is 5.76. The lowest BCUT2D eigenvalue weighted by atomic mass is 10.0. The molecule has 1 aliphatic rings. The van der Waals surface area contributed by atoms with Crippen molar-refractivity contribution >= 4 is 5.91 Å². The number of benzene rings is 1. The van der Waals surface area contributed by atoms with Crippen molar-refractivity contribution in [3.05, 3.63) is 46.8 Å². The number of hydrogen-bond acceptors (Lipinski definition) is 5. The Hall–Kier alpha value is -2.34. The Kier molecular flexibility index (Phi) is 6.50. The van der Waals surface area contributed by atoms with Gasteiger partial charge in [-0.25, -0.2) is 0 Å². The molecule has 0 spiro atoms. The van der Waals surface area contributed by atoms with E-state index in [1.165, 1.54) is 5.56 Å². The van der Waals surface area contributed by atoms with Crippen LogP contribution in [0.5, 0.6) is 5.75 Å². The molecule has 1 fully saturated rings. The molecule has 0 saturated carbocycles. The summed E-state index contributed by atoms with van der Waals surface area (Å²) in [6.07, 6.45) is 3.11. The van der Waals surface area contributed by atoms with Gasteiger partial charge in [-0.1, -0.05) is 23.4 Å². The van der Waals surface area contributed by atoms with Gasteiger partial charge in [0.15, 0.2) is 0 Å². The topological polar surface area (TPSA) is 67.6 Å². The van der Waals surface area contributed by atoms with Gasteiger partial charge >= 0.3 is 0 Å². The van der Waals surface area contributed by atoms with Crippen molar-refractivity contribution in [1.82, 2.24) is 15.4 Å². The van der Waals surface area contributed by atoms with E-state index in [9.17, 15) is 4.79 Å². The number of hydrogen-bond donors (Lipinski definition) is 1. The summed E-state index contributed by atoms with van der Waals surface area (Å²) in [4.78, 5) is 14.7. The standard InChI is InChI=1S/C21H29N3O3/c1-15-19(16(2)27-23-15)8-9-21(25)22-18-10-12-24(13-11-18)14-17-6-4-5-7-20(17)26-3/h4-7,18H,8-14H2,1-3H3,(H,22,25). The molecule has 1 N–H and O–H groups in total. The van der Waals surface area contributed by atoms with Crippen LogP contribution in [0.4, 0.5) is 0 Å². The molecule has 1 amide bonds. The summed E-state index contributed by atoms with van der Waals surface area (Å²) in [6.45, 7) is 6.66. The number of aromatic nitrogens is 1. The molecule has 6 heteroatoms. The van der Waals surface area contributed by atoms with Crippen molar-refractivity contribution in [3.63, 3.8) is 0 Å². The molecule has 2 aromatic rings. The van der Waals surface area contributed by atoms with Gasteiger partial charge in [-0.3, -0.25) is 9.69 Å². The normalized spacial score (nSPS) is 15.7. The van der Waals surface area contributed by atoms with Gasteiger partial charge in [0.25, 0.3) is 0 Å². The minimum atomic E-state index is 0.109. The van der Waals surface area contributed by atoms with Gasteiger partial charge in [0.05, 0.1) is 12.8 Å². The van der Waals surface area contributed by atoms with Crippen LogP contribution >= 0.6 is 0 Å². The first-order valence-electron chi connectivity index (χ1n) is 9.62. The average Bonchev–Trinajstić information content (AvgIpc) is 3.00. The highest BCUT2D eigenvalue weighted by Crippen LogP contribution is 2.21. The molecule has 3 rings (SSSR count). The fourth-order valence-electron chi connectivity index (χ4n) is 3.71. The third-order valence-electron chi connectivity index (χ3n) is 5.32. The molecule has 27 heavy (non-hydrogen) atoms. The number of likely N-dealkylation sites (tertiary alicyclic amines) is 1. The Balaban J connectivity index is 1.42. The SMILES string of the molecule is COc1ccccc1CN1CCC(NC(=O)CCc2c(C)noc2C)CC1. The average molecular weight is 371 g/mol. The van der Waals surface area contributed by atoms with E-state index in [-0.39, 0.29) is 11.9 Å². The van der Waals surface area contributed by atoms with Gasteiger partial charge in [0, 0.05) is 43.2 Å². The third-order valence-corrected chi connectivity index (χ3v) is 5.32. The number of amides is 1. The van der Waals surface area contributed by atoms with E-state index in [0.717, 1.165) is 55.2 Å². The Morgan fingerprint density at radius 2 is 2.04 bits per heavy atom. The Morgan fingerprint density at radius 1 is 1.30 bits per heavy atom. The number of aryl methyl sites for hydroxylation is 2. The predicted octanol–water partition coefficient (Wildman–Crippen LogP) is 3.01. The van der Waals surface area contributed by atoms with E-state index in [4.69, 9.17) is 9.26 Å². The van der Waals surface area contributed by atoms with Crippen LogP contribution in [0.3, 0.4) is 0 Å². The molecule has 0 atom stereocenters. The van der Waals surface area contributed by atoms with Crippen LogP contribution < -0.4 is 10.1 Å². The largest absolute Gasteiger partial charge is 0.496 e. The zero-order chi connectivity index (χ0) is 19.2. The highest BCUT2D eigenvalue weighted by Gasteiger charge is 2.21. The summed E-state index contributed by atoms with van der Waals surface area (Å²) in [7, 11) is 1.71. The first-order valence-corrected chi connectivity index (χ1v) is 9.62. The van der Waals surface area contributed by atoms with Gasteiger partial charge in [-0.15, -0.1) is 0 Å². The van der Waals surface area contributed by atoms with E-state index in [0.29, 0.717) is 12.8 Å². The van der Waals surface area contributed by atoms with Gasteiger partial charge < -0.3 is 14.6 Å². The van der Waals surface area contributed by atoms with E-state index in [1.807, 2.05) is 32.0 Å². The zero-order valence-electron chi connectivity index (χ0n) is 16.5. The maximum absolute atomic E-state index is 12.3. The number of methoxy groups -OCH3 is 1. The second kappa shape index (κ2) is 9.04. The van der Waals surface area contributed by atoms with Crippen LogP contribution in [0, 0.1) is 13.8 Å². The molecular weight excluding hydrogens is 342 g/mol. The molecule has 1 aromatic heterocycles. The maximum Gasteiger partial charge on any atom is 0.220 e. The van der Waals surface area contributed by atoms with Crippen molar-refractivity contribution in [2.24, 2.45) is 0 Å². The summed E-state index contributed by atoms with van der Waals surface area (Å²) in [6, 6.07) is 8.41. The molecule has 0 bridgehead atoms. The van der Waals surface area contributed by atoms with Crippen LogP contribution in [-0.4, -0.2) is 42.2 Å². The smallest absolute Gasteiger partial charge is 0.220 e. The number of nitrogens with zero attached hydrogens (tertiary/aromatic N) is 2. The summed E-state index contributed by atoms with van der Waals surface area (Å²) in [5.74, 6) is 1.86. The van der Waals surface area contributed by atoms with Crippen molar-refractivity contribution < 1.29 is 14.1 Å². The zero-order valence-corrected chi connectivity index (χ0v) is 16.5. The molecular formula is C21H29N3O3. The summed E-state index contributed by atoms with van der Waals surface area (Å²) < 4.78 is 10.6. The minimum Gasteiger partial charge on any atom is -0.496 e. The van der Waals surface area contributed by atoms with E-state index < -0.39 is 0 Å².